The predicted molar refractivity (Wildman–Crippen MR) is 79.8 cm³/mol. The van der Waals surface area contributed by atoms with Gasteiger partial charge in [0.1, 0.15) is 0 Å². The number of aliphatic hydroxyl groups excluding tert-OH is 1. The Hall–Kier alpha value is -2.34. The van der Waals surface area contributed by atoms with E-state index in [1.807, 2.05) is 6.07 Å². The Morgan fingerprint density at radius 1 is 1.04 bits per heavy atom. The number of carbonyl (C=O) groups excluding carboxylic acids is 1. The molecule has 0 heterocycles. The summed E-state index contributed by atoms with van der Waals surface area (Å²) in [5, 5.41) is 12.5. The second-order valence-corrected chi connectivity index (χ2v) is 5.05. The van der Waals surface area contributed by atoms with E-state index in [4.69, 9.17) is 0 Å². The van der Waals surface area contributed by atoms with Crippen molar-refractivity contribution in [3.63, 3.8) is 0 Å². The molecule has 0 aromatic heterocycles. The third kappa shape index (κ3) is 4.82. The van der Waals surface area contributed by atoms with Crippen molar-refractivity contribution in [2.75, 3.05) is 6.54 Å². The van der Waals surface area contributed by atoms with E-state index in [1.165, 1.54) is 0 Å². The Labute approximate surface area is 131 Å². The summed E-state index contributed by atoms with van der Waals surface area (Å²) in [4.78, 5) is 11.8. The molecule has 2 N–H and O–H groups in total. The van der Waals surface area contributed by atoms with Crippen molar-refractivity contribution in [2.24, 2.45) is 0 Å². The lowest BCUT2D eigenvalue weighted by molar-refractivity contribution is -0.137. The zero-order valence-corrected chi connectivity index (χ0v) is 12.2. The first-order chi connectivity index (χ1) is 10.9. The number of benzene rings is 2. The minimum atomic E-state index is -4.42. The number of carbonyl (C=O) groups is 1. The summed E-state index contributed by atoms with van der Waals surface area (Å²) >= 11 is 0. The molecule has 1 amide bonds. The lowest BCUT2D eigenvalue weighted by Crippen LogP contribution is -2.25. The molecular formula is C17H16F3NO2. The van der Waals surface area contributed by atoms with Crippen molar-refractivity contribution in [1.82, 2.24) is 5.32 Å². The highest BCUT2D eigenvalue weighted by atomic mass is 19.4. The van der Waals surface area contributed by atoms with Crippen LogP contribution in [-0.4, -0.2) is 17.6 Å². The van der Waals surface area contributed by atoms with Gasteiger partial charge in [0.15, 0.2) is 0 Å². The number of halogens is 3. The second-order valence-electron chi connectivity index (χ2n) is 5.05. The van der Waals surface area contributed by atoms with Gasteiger partial charge in [-0.15, -0.1) is 0 Å². The fourth-order valence-electron chi connectivity index (χ4n) is 2.08. The Bertz CT molecular complexity index is 639. The van der Waals surface area contributed by atoms with Gasteiger partial charge in [-0.2, -0.15) is 13.2 Å². The number of nitrogens with one attached hydrogen (secondary N) is 1. The van der Waals surface area contributed by atoms with Crippen LogP contribution in [0, 0.1) is 0 Å². The Balaban J connectivity index is 1.85. The monoisotopic (exact) mass is 323 g/mol. The van der Waals surface area contributed by atoms with Gasteiger partial charge in [-0.1, -0.05) is 30.3 Å². The number of aliphatic hydroxyl groups is 1. The maximum Gasteiger partial charge on any atom is 0.416 e. The van der Waals surface area contributed by atoms with Crippen LogP contribution in [0.1, 0.15) is 34.0 Å². The molecule has 23 heavy (non-hydrogen) atoms. The molecule has 122 valence electrons. The highest BCUT2D eigenvalue weighted by Crippen LogP contribution is 2.29. The van der Waals surface area contributed by atoms with Gasteiger partial charge < -0.3 is 10.4 Å². The molecular weight excluding hydrogens is 307 g/mol. The van der Waals surface area contributed by atoms with Crippen LogP contribution in [0.5, 0.6) is 0 Å². The standard InChI is InChI=1S/C17H16F3NO2/c18-17(19,20)14-8-6-13(7-9-14)16(23)21-11-10-15(22)12-4-2-1-3-5-12/h1-9,15,22H,10-11H2,(H,21,23). The Morgan fingerprint density at radius 2 is 1.65 bits per heavy atom. The lowest BCUT2D eigenvalue weighted by Gasteiger charge is -2.12. The van der Waals surface area contributed by atoms with Gasteiger partial charge in [-0.25, -0.2) is 0 Å². The molecule has 0 aliphatic rings. The van der Waals surface area contributed by atoms with Gasteiger partial charge in [0.05, 0.1) is 11.7 Å². The number of amides is 1. The van der Waals surface area contributed by atoms with Crippen LogP contribution in [0.3, 0.4) is 0 Å². The van der Waals surface area contributed by atoms with E-state index in [0.717, 1.165) is 29.8 Å². The zero-order valence-electron chi connectivity index (χ0n) is 12.2. The van der Waals surface area contributed by atoms with E-state index in [0.29, 0.717) is 6.42 Å². The maximum absolute atomic E-state index is 12.4. The molecule has 0 saturated carbocycles. The van der Waals surface area contributed by atoms with Crippen LogP contribution < -0.4 is 5.32 Å². The molecule has 6 heteroatoms. The molecule has 0 saturated heterocycles. The maximum atomic E-state index is 12.4. The summed E-state index contributed by atoms with van der Waals surface area (Å²) in [6, 6.07) is 13.0. The first-order valence-electron chi connectivity index (χ1n) is 7.06. The molecule has 2 aromatic carbocycles. The van der Waals surface area contributed by atoms with Gasteiger partial charge in [0.25, 0.3) is 5.91 Å². The Morgan fingerprint density at radius 3 is 2.22 bits per heavy atom. The first kappa shape index (κ1) is 17.0. The largest absolute Gasteiger partial charge is 0.416 e. The molecule has 0 fully saturated rings. The van der Waals surface area contributed by atoms with Gasteiger partial charge in [-0.3, -0.25) is 4.79 Å². The van der Waals surface area contributed by atoms with E-state index in [1.54, 1.807) is 24.3 Å². The van der Waals surface area contributed by atoms with Crippen molar-refractivity contribution in [2.45, 2.75) is 18.7 Å². The van der Waals surface area contributed by atoms with Crippen LogP contribution in [-0.2, 0) is 6.18 Å². The average molecular weight is 323 g/mol. The quantitative estimate of drug-likeness (QED) is 0.884. The summed E-state index contributed by atoms with van der Waals surface area (Å²) in [7, 11) is 0. The van der Waals surface area contributed by atoms with Crippen molar-refractivity contribution in [3.8, 4) is 0 Å². The SMILES string of the molecule is O=C(NCCC(O)c1ccccc1)c1ccc(C(F)(F)F)cc1. The highest BCUT2D eigenvalue weighted by Gasteiger charge is 2.30. The smallest absolute Gasteiger partial charge is 0.388 e. The van der Waals surface area contributed by atoms with Crippen LogP contribution in [0.15, 0.2) is 54.6 Å². The van der Waals surface area contributed by atoms with Crippen molar-refractivity contribution in [3.05, 3.63) is 71.3 Å². The zero-order chi connectivity index (χ0) is 16.9. The van der Waals surface area contributed by atoms with Gasteiger partial charge in [0, 0.05) is 12.1 Å². The third-order valence-electron chi connectivity index (χ3n) is 3.36. The first-order valence-corrected chi connectivity index (χ1v) is 7.06. The molecule has 1 unspecified atom stereocenters. The fraction of sp³-hybridized carbons (Fsp3) is 0.235. The van der Waals surface area contributed by atoms with Crippen molar-refractivity contribution >= 4 is 5.91 Å². The van der Waals surface area contributed by atoms with Gasteiger partial charge in [0.2, 0.25) is 0 Å². The van der Waals surface area contributed by atoms with E-state index < -0.39 is 23.8 Å². The number of hydrogen-bond acceptors (Lipinski definition) is 2. The van der Waals surface area contributed by atoms with Crippen LogP contribution in [0.25, 0.3) is 0 Å². The summed E-state index contributed by atoms with van der Waals surface area (Å²) in [6.07, 6.45) is -4.81. The van der Waals surface area contributed by atoms with E-state index >= 15 is 0 Å². The summed E-state index contributed by atoms with van der Waals surface area (Å²) in [5.74, 6) is -0.473. The minimum absolute atomic E-state index is 0.146. The molecule has 2 rings (SSSR count). The molecule has 0 bridgehead atoms. The Kier molecular flexibility index (Phi) is 5.39. The summed E-state index contributed by atoms with van der Waals surface area (Å²) in [6.45, 7) is 0.218. The molecule has 3 nitrogen and oxygen atoms in total. The third-order valence-corrected chi connectivity index (χ3v) is 3.36. The molecule has 0 aliphatic carbocycles. The van der Waals surface area contributed by atoms with E-state index in [-0.39, 0.29) is 12.1 Å². The number of alkyl halides is 3. The van der Waals surface area contributed by atoms with Gasteiger partial charge >= 0.3 is 6.18 Å². The molecule has 0 radical (unpaired) electrons. The molecule has 1 atom stereocenters. The van der Waals surface area contributed by atoms with Crippen molar-refractivity contribution in [1.29, 1.82) is 0 Å². The summed E-state index contributed by atoms with van der Waals surface area (Å²) in [5.41, 5.74) is 0.0945. The van der Waals surface area contributed by atoms with Crippen LogP contribution in [0.4, 0.5) is 13.2 Å². The average Bonchev–Trinajstić information content (AvgIpc) is 2.54. The molecule has 0 spiro atoms. The predicted octanol–water partition coefficient (Wildman–Crippen LogP) is 3.56. The fourth-order valence-corrected chi connectivity index (χ4v) is 2.08. The van der Waals surface area contributed by atoms with Crippen LogP contribution in [0.2, 0.25) is 0 Å². The van der Waals surface area contributed by atoms with Gasteiger partial charge in [-0.05, 0) is 36.2 Å². The second kappa shape index (κ2) is 7.28. The lowest BCUT2D eigenvalue weighted by atomic mass is 10.1. The van der Waals surface area contributed by atoms with E-state index in [2.05, 4.69) is 5.32 Å². The number of hydrogen-bond donors (Lipinski definition) is 2. The molecule has 2 aromatic rings. The number of rotatable bonds is 5. The normalized spacial score (nSPS) is 12.7. The van der Waals surface area contributed by atoms with Crippen molar-refractivity contribution < 1.29 is 23.1 Å². The molecule has 0 aliphatic heterocycles. The minimum Gasteiger partial charge on any atom is -0.388 e. The van der Waals surface area contributed by atoms with Crippen LogP contribution >= 0.6 is 0 Å². The van der Waals surface area contributed by atoms with E-state index in [9.17, 15) is 23.1 Å². The topological polar surface area (TPSA) is 49.3 Å². The highest BCUT2D eigenvalue weighted by molar-refractivity contribution is 5.94. The summed E-state index contributed by atoms with van der Waals surface area (Å²) < 4.78 is 37.3.